The lowest BCUT2D eigenvalue weighted by Crippen LogP contribution is -2.31. The van der Waals surface area contributed by atoms with Gasteiger partial charge in [0.1, 0.15) is 5.82 Å². The van der Waals surface area contributed by atoms with Gasteiger partial charge in [-0.05, 0) is 45.0 Å². The van der Waals surface area contributed by atoms with Crippen molar-refractivity contribution >= 4 is 22.6 Å². The molecule has 0 spiro atoms. The number of nitrogens with one attached hydrogen (secondary N) is 2. The Bertz CT molecular complexity index is 857. The number of fused-ring (bicyclic) bond motifs is 1. The number of hydrogen-bond donors (Lipinski definition) is 2. The van der Waals surface area contributed by atoms with Crippen LogP contribution in [0.15, 0.2) is 48.8 Å². The van der Waals surface area contributed by atoms with E-state index < -0.39 is 0 Å². The van der Waals surface area contributed by atoms with Gasteiger partial charge in [0.05, 0.1) is 23.6 Å². The van der Waals surface area contributed by atoms with Gasteiger partial charge in [-0.25, -0.2) is 4.98 Å². The summed E-state index contributed by atoms with van der Waals surface area (Å²) >= 11 is 0. The molecule has 6 heteroatoms. The van der Waals surface area contributed by atoms with Crippen LogP contribution in [-0.4, -0.2) is 27.0 Å². The Labute approximate surface area is 147 Å². The second kappa shape index (κ2) is 7.44. The summed E-state index contributed by atoms with van der Waals surface area (Å²) in [4.78, 5) is 20.8. The van der Waals surface area contributed by atoms with Gasteiger partial charge < -0.3 is 9.88 Å². The highest BCUT2D eigenvalue weighted by molar-refractivity contribution is 5.92. The molecule has 0 saturated carbocycles. The lowest BCUT2D eigenvalue weighted by molar-refractivity contribution is -0.115. The van der Waals surface area contributed by atoms with E-state index in [2.05, 4.69) is 40.1 Å². The molecule has 0 aliphatic carbocycles. The van der Waals surface area contributed by atoms with Crippen LogP contribution >= 0.6 is 0 Å². The third kappa shape index (κ3) is 3.85. The molecule has 6 nitrogen and oxygen atoms in total. The smallest absolute Gasteiger partial charge is 0.238 e. The van der Waals surface area contributed by atoms with E-state index in [-0.39, 0.29) is 24.5 Å². The topological polar surface area (TPSA) is 71.8 Å². The quantitative estimate of drug-likeness (QED) is 0.724. The number of amides is 1. The Morgan fingerprint density at radius 3 is 2.56 bits per heavy atom. The summed E-state index contributed by atoms with van der Waals surface area (Å²) in [5.74, 6) is 0.846. The zero-order valence-electron chi connectivity index (χ0n) is 14.7. The van der Waals surface area contributed by atoms with Crippen molar-refractivity contribution in [2.75, 3.05) is 11.9 Å². The third-order valence-electron chi connectivity index (χ3n) is 4.06. The first-order valence-electron chi connectivity index (χ1n) is 8.46. The molecule has 1 amide bonds. The minimum Gasteiger partial charge on any atom is -0.325 e. The summed E-state index contributed by atoms with van der Waals surface area (Å²) in [6.07, 6.45) is 3.30. The van der Waals surface area contributed by atoms with Gasteiger partial charge in [-0.3, -0.25) is 15.1 Å². The summed E-state index contributed by atoms with van der Waals surface area (Å²) < 4.78 is 2.22. The van der Waals surface area contributed by atoms with E-state index in [9.17, 15) is 4.79 Å². The van der Waals surface area contributed by atoms with E-state index in [1.165, 1.54) is 0 Å². The predicted octanol–water partition coefficient (Wildman–Crippen LogP) is 3.30. The molecule has 0 fully saturated rings. The van der Waals surface area contributed by atoms with Crippen molar-refractivity contribution in [3.05, 3.63) is 54.6 Å². The van der Waals surface area contributed by atoms with E-state index in [0.717, 1.165) is 22.5 Å². The first-order valence-corrected chi connectivity index (χ1v) is 8.46. The van der Waals surface area contributed by atoms with Crippen molar-refractivity contribution in [1.29, 1.82) is 0 Å². The molecule has 0 bridgehead atoms. The largest absolute Gasteiger partial charge is 0.325 e. The summed E-state index contributed by atoms with van der Waals surface area (Å²) in [5, 5.41) is 6.11. The highest BCUT2D eigenvalue weighted by Crippen LogP contribution is 2.24. The molecule has 130 valence electrons. The van der Waals surface area contributed by atoms with Crippen molar-refractivity contribution in [2.24, 2.45) is 0 Å². The van der Waals surface area contributed by atoms with Crippen LogP contribution in [0.2, 0.25) is 0 Å². The number of rotatable bonds is 6. The zero-order valence-corrected chi connectivity index (χ0v) is 14.7. The van der Waals surface area contributed by atoms with Crippen LogP contribution in [0.3, 0.4) is 0 Å². The van der Waals surface area contributed by atoms with Gasteiger partial charge in [-0.1, -0.05) is 12.1 Å². The van der Waals surface area contributed by atoms with Gasteiger partial charge >= 0.3 is 0 Å². The number of para-hydroxylation sites is 2. The highest BCUT2D eigenvalue weighted by atomic mass is 16.1. The van der Waals surface area contributed by atoms with Gasteiger partial charge in [0.2, 0.25) is 5.91 Å². The number of benzene rings is 1. The van der Waals surface area contributed by atoms with E-state index >= 15 is 0 Å². The third-order valence-corrected chi connectivity index (χ3v) is 4.06. The number of carbonyl (C=O) groups excluding carboxylic acids is 1. The molecule has 2 N–H and O–H groups in total. The van der Waals surface area contributed by atoms with Gasteiger partial charge in [-0.2, -0.15) is 0 Å². The number of carbonyl (C=O) groups is 1. The van der Waals surface area contributed by atoms with Gasteiger partial charge in [0, 0.05) is 24.1 Å². The summed E-state index contributed by atoms with van der Waals surface area (Å²) in [6, 6.07) is 11.9. The number of imidazole rings is 1. The fraction of sp³-hybridized carbons (Fsp3) is 0.316. The second-order valence-electron chi connectivity index (χ2n) is 6.31. The Hall–Kier alpha value is -2.73. The van der Waals surface area contributed by atoms with Crippen LogP contribution in [0.4, 0.5) is 5.69 Å². The molecule has 0 aliphatic heterocycles. The minimum atomic E-state index is -0.0924. The van der Waals surface area contributed by atoms with E-state index in [4.69, 9.17) is 4.98 Å². The van der Waals surface area contributed by atoms with Crippen LogP contribution in [0.5, 0.6) is 0 Å². The number of pyridine rings is 1. The molecule has 3 aromatic rings. The van der Waals surface area contributed by atoms with Crippen LogP contribution in [0.25, 0.3) is 11.0 Å². The van der Waals surface area contributed by atoms with Crippen LogP contribution in [-0.2, 0) is 4.79 Å². The van der Waals surface area contributed by atoms with Gasteiger partial charge in [-0.15, -0.1) is 0 Å². The van der Waals surface area contributed by atoms with E-state index in [1.54, 1.807) is 24.5 Å². The monoisotopic (exact) mass is 337 g/mol. The lowest BCUT2D eigenvalue weighted by atomic mass is 10.2. The van der Waals surface area contributed by atoms with Crippen molar-refractivity contribution < 1.29 is 4.79 Å². The standard InChI is InChI=1S/C19H23N5O/c1-13(2)24-17-7-5-4-6-16(17)23-19(24)14(3)21-12-18(25)22-15-8-10-20-11-9-15/h4-11,13-14,21H,12H2,1-3H3,(H,20,22,25)/t14-/m0/s1. The molecular formula is C19H23N5O. The number of aromatic nitrogens is 3. The van der Waals surface area contributed by atoms with E-state index in [1.807, 2.05) is 25.1 Å². The maximum atomic E-state index is 12.1. The average Bonchev–Trinajstić information content (AvgIpc) is 3.00. The van der Waals surface area contributed by atoms with Gasteiger partial charge in [0.15, 0.2) is 0 Å². The van der Waals surface area contributed by atoms with Crippen molar-refractivity contribution in [3.8, 4) is 0 Å². The predicted molar refractivity (Wildman–Crippen MR) is 99.4 cm³/mol. The summed E-state index contributed by atoms with van der Waals surface area (Å²) in [7, 11) is 0. The summed E-state index contributed by atoms with van der Waals surface area (Å²) in [5.41, 5.74) is 2.83. The first-order chi connectivity index (χ1) is 12.1. The van der Waals surface area contributed by atoms with Crippen LogP contribution in [0, 0.1) is 0 Å². The fourth-order valence-electron chi connectivity index (χ4n) is 2.89. The Balaban J connectivity index is 1.71. The van der Waals surface area contributed by atoms with Crippen LogP contribution < -0.4 is 10.6 Å². The fourth-order valence-corrected chi connectivity index (χ4v) is 2.89. The molecule has 0 saturated heterocycles. The molecule has 0 aliphatic rings. The highest BCUT2D eigenvalue weighted by Gasteiger charge is 2.18. The molecule has 0 radical (unpaired) electrons. The Morgan fingerprint density at radius 1 is 1.12 bits per heavy atom. The molecule has 25 heavy (non-hydrogen) atoms. The molecule has 1 aromatic carbocycles. The average molecular weight is 337 g/mol. The SMILES string of the molecule is CC(C)n1c([C@H](C)NCC(=O)Nc2ccncc2)nc2ccccc21. The molecule has 2 aromatic heterocycles. The minimum absolute atomic E-state index is 0.0435. The molecule has 3 rings (SSSR count). The molecular weight excluding hydrogens is 314 g/mol. The van der Waals surface area contributed by atoms with Crippen molar-refractivity contribution in [3.63, 3.8) is 0 Å². The van der Waals surface area contributed by atoms with Crippen LogP contribution in [0.1, 0.15) is 38.7 Å². The number of nitrogens with zero attached hydrogens (tertiary/aromatic N) is 3. The summed E-state index contributed by atoms with van der Waals surface area (Å²) in [6.45, 7) is 6.52. The molecule has 1 atom stereocenters. The normalized spacial score (nSPS) is 12.5. The lowest BCUT2D eigenvalue weighted by Gasteiger charge is -2.18. The zero-order chi connectivity index (χ0) is 17.8. The van der Waals surface area contributed by atoms with Crippen molar-refractivity contribution in [1.82, 2.24) is 19.9 Å². The molecule has 0 unspecified atom stereocenters. The Kier molecular flexibility index (Phi) is 5.09. The Morgan fingerprint density at radius 2 is 1.84 bits per heavy atom. The number of hydrogen-bond acceptors (Lipinski definition) is 4. The number of anilines is 1. The maximum absolute atomic E-state index is 12.1. The second-order valence-corrected chi connectivity index (χ2v) is 6.31. The van der Waals surface area contributed by atoms with Gasteiger partial charge in [0.25, 0.3) is 0 Å². The molecule has 2 heterocycles. The first kappa shape index (κ1) is 17.1. The van der Waals surface area contributed by atoms with E-state index in [0.29, 0.717) is 0 Å². The van der Waals surface area contributed by atoms with Crippen molar-refractivity contribution in [2.45, 2.75) is 32.9 Å². The maximum Gasteiger partial charge on any atom is 0.238 e.